The molecule has 8 nitrogen and oxygen atoms in total. The number of amides is 1. The van der Waals surface area contributed by atoms with Gasteiger partial charge in [-0.15, -0.1) is 0 Å². The number of hydrogen-bond acceptors (Lipinski definition) is 6. The maximum Gasteiger partial charge on any atom is 0.274 e. The van der Waals surface area contributed by atoms with Crippen molar-refractivity contribution in [3.63, 3.8) is 0 Å². The number of carbonyl (C=O) groups is 1. The van der Waals surface area contributed by atoms with Gasteiger partial charge in [-0.1, -0.05) is 17.7 Å². The zero-order valence-corrected chi connectivity index (χ0v) is 17.3. The topological polar surface area (TPSA) is 80.3 Å². The Morgan fingerprint density at radius 1 is 0.968 bits per heavy atom. The van der Waals surface area contributed by atoms with Gasteiger partial charge < -0.3 is 14.2 Å². The molecule has 0 saturated carbocycles. The van der Waals surface area contributed by atoms with Crippen LogP contribution in [-0.4, -0.2) is 56.7 Å². The predicted octanol–water partition coefficient (Wildman–Crippen LogP) is 3.54. The summed E-state index contributed by atoms with van der Waals surface area (Å²) in [6.07, 6.45) is 5.04. The number of anilines is 1. The van der Waals surface area contributed by atoms with Gasteiger partial charge in [0.15, 0.2) is 11.5 Å². The fraction of sp³-hybridized carbons (Fsp3) is 0.182. The molecule has 5 rings (SSSR count). The molecule has 1 aromatic carbocycles. The van der Waals surface area contributed by atoms with Gasteiger partial charge in [0.1, 0.15) is 5.69 Å². The minimum atomic E-state index is -0.123. The van der Waals surface area contributed by atoms with Crippen LogP contribution >= 0.6 is 11.6 Å². The molecule has 4 heterocycles. The standard InChI is InChI=1S/C22H19ClN6O2/c23-16-4-1-5-17(14-16)29-19(20-6-2-13-31-20)15-18(26-29)21(30)27-9-11-28(12-10-27)22-24-7-3-8-25-22/h1-8,13-15H,9-12H2. The highest BCUT2D eigenvalue weighted by molar-refractivity contribution is 6.30. The van der Waals surface area contributed by atoms with Gasteiger partial charge in [-0.2, -0.15) is 5.10 Å². The number of furan rings is 1. The Morgan fingerprint density at radius 3 is 2.48 bits per heavy atom. The zero-order valence-electron chi connectivity index (χ0n) is 16.6. The van der Waals surface area contributed by atoms with E-state index >= 15 is 0 Å². The summed E-state index contributed by atoms with van der Waals surface area (Å²) in [5.41, 5.74) is 1.80. The van der Waals surface area contributed by atoms with Gasteiger partial charge in [0, 0.05) is 49.7 Å². The summed E-state index contributed by atoms with van der Waals surface area (Å²) in [6.45, 7) is 2.46. The molecule has 0 aliphatic carbocycles. The Balaban J connectivity index is 1.40. The number of nitrogens with zero attached hydrogens (tertiary/aromatic N) is 6. The Hall–Kier alpha value is -3.65. The molecule has 0 spiro atoms. The summed E-state index contributed by atoms with van der Waals surface area (Å²) in [6, 6.07) is 14.5. The van der Waals surface area contributed by atoms with Crippen LogP contribution in [0.25, 0.3) is 17.1 Å². The highest BCUT2D eigenvalue weighted by atomic mass is 35.5. The first-order valence-electron chi connectivity index (χ1n) is 9.90. The first-order valence-corrected chi connectivity index (χ1v) is 10.3. The van der Waals surface area contributed by atoms with Gasteiger partial charge in [-0.05, 0) is 36.4 Å². The van der Waals surface area contributed by atoms with Crippen molar-refractivity contribution >= 4 is 23.5 Å². The van der Waals surface area contributed by atoms with Gasteiger partial charge in [-0.25, -0.2) is 14.6 Å². The fourth-order valence-electron chi connectivity index (χ4n) is 3.62. The third kappa shape index (κ3) is 3.89. The van der Waals surface area contributed by atoms with Crippen LogP contribution in [0.2, 0.25) is 5.02 Å². The lowest BCUT2D eigenvalue weighted by atomic mass is 10.2. The quantitative estimate of drug-likeness (QED) is 0.488. The van der Waals surface area contributed by atoms with E-state index < -0.39 is 0 Å². The summed E-state index contributed by atoms with van der Waals surface area (Å²) < 4.78 is 7.26. The number of carbonyl (C=O) groups excluding carboxylic acids is 1. The smallest absolute Gasteiger partial charge is 0.274 e. The van der Waals surface area contributed by atoms with Crippen molar-refractivity contribution in [1.29, 1.82) is 0 Å². The lowest BCUT2D eigenvalue weighted by Crippen LogP contribution is -2.49. The van der Waals surface area contributed by atoms with Gasteiger partial charge in [0.2, 0.25) is 5.95 Å². The molecule has 1 fully saturated rings. The van der Waals surface area contributed by atoms with Crippen molar-refractivity contribution in [3.05, 3.63) is 77.9 Å². The summed E-state index contributed by atoms with van der Waals surface area (Å²) >= 11 is 6.17. The molecule has 4 aromatic rings. The maximum absolute atomic E-state index is 13.2. The zero-order chi connectivity index (χ0) is 21.2. The second-order valence-corrected chi connectivity index (χ2v) is 7.55. The van der Waals surface area contributed by atoms with Crippen LogP contribution in [0.4, 0.5) is 5.95 Å². The number of benzene rings is 1. The normalized spacial score (nSPS) is 14.1. The number of piperazine rings is 1. The van der Waals surface area contributed by atoms with E-state index in [-0.39, 0.29) is 5.91 Å². The largest absolute Gasteiger partial charge is 0.463 e. The predicted molar refractivity (Wildman–Crippen MR) is 116 cm³/mol. The van der Waals surface area contributed by atoms with E-state index in [0.717, 1.165) is 5.69 Å². The number of hydrogen-bond donors (Lipinski definition) is 0. The lowest BCUT2D eigenvalue weighted by molar-refractivity contribution is 0.0740. The first kappa shape index (κ1) is 19.3. The van der Waals surface area contributed by atoms with Gasteiger partial charge in [-0.3, -0.25) is 4.79 Å². The number of halogens is 1. The summed E-state index contributed by atoms with van der Waals surface area (Å²) in [7, 11) is 0. The number of aromatic nitrogens is 4. The second-order valence-electron chi connectivity index (χ2n) is 7.11. The molecule has 0 N–H and O–H groups in total. The Labute approximate surface area is 183 Å². The fourth-order valence-corrected chi connectivity index (χ4v) is 3.80. The van der Waals surface area contributed by atoms with Gasteiger partial charge in [0.25, 0.3) is 5.91 Å². The SMILES string of the molecule is O=C(c1cc(-c2ccco2)n(-c2cccc(Cl)c2)n1)N1CCN(c2ncccn2)CC1. The van der Waals surface area contributed by atoms with Crippen molar-refractivity contribution < 1.29 is 9.21 Å². The van der Waals surface area contributed by atoms with E-state index in [1.54, 1.807) is 58.6 Å². The second kappa shape index (κ2) is 8.23. The van der Waals surface area contributed by atoms with E-state index in [9.17, 15) is 4.79 Å². The molecule has 0 unspecified atom stereocenters. The minimum absolute atomic E-state index is 0.123. The Bertz CT molecular complexity index is 1180. The average molecular weight is 435 g/mol. The van der Waals surface area contributed by atoms with Crippen molar-refractivity contribution in [2.75, 3.05) is 31.1 Å². The van der Waals surface area contributed by atoms with Crippen molar-refractivity contribution in [3.8, 4) is 17.1 Å². The van der Waals surface area contributed by atoms with Crippen LogP contribution in [0, 0.1) is 0 Å². The Morgan fingerprint density at radius 2 is 1.77 bits per heavy atom. The van der Waals surface area contributed by atoms with E-state index in [0.29, 0.717) is 54.3 Å². The Kier molecular flexibility index (Phi) is 5.13. The van der Waals surface area contributed by atoms with E-state index in [2.05, 4.69) is 20.0 Å². The van der Waals surface area contributed by atoms with Crippen LogP contribution in [0.15, 0.2) is 71.6 Å². The summed E-state index contributed by atoms with van der Waals surface area (Å²) in [4.78, 5) is 25.7. The maximum atomic E-state index is 13.2. The van der Waals surface area contributed by atoms with E-state index in [4.69, 9.17) is 16.0 Å². The van der Waals surface area contributed by atoms with Crippen molar-refractivity contribution in [2.24, 2.45) is 0 Å². The molecular formula is C22H19ClN6O2. The number of rotatable bonds is 4. The first-order chi connectivity index (χ1) is 15.2. The lowest BCUT2D eigenvalue weighted by Gasteiger charge is -2.34. The third-order valence-corrected chi connectivity index (χ3v) is 5.39. The molecule has 1 amide bonds. The molecule has 1 aliphatic rings. The summed E-state index contributed by atoms with van der Waals surface area (Å²) in [5.74, 6) is 1.18. The van der Waals surface area contributed by atoms with Crippen LogP contribution in [0.3, 0.4) is 0 Å². The van der Waals surface area contributed by atoms with Crippen LogP contribution in [0.1, 0.15) is 10.5 Å². The van der Waals surface area contributed by atoms with Crippen molar-refractivity contribution in [2.45, 2.75) is 0 Å². The van der Waals surface area contributed by atoms with E-state index in [1.165, 1.54) is 0 Å². The average Bonchev–Trinajstić information content (AvgIpc) is 3.49. The molecule has 3 aromatic heterocycles. The monoisotopic (exact) mass is 434 g/mol. The molecule has 0 radical (unpaired) electrons. The van der Waals surface area contributed by atoms with E-state index in [1.807, 2.05) is 18.2 Å². The van der Waals surface area contributed by atoms with Crippen molar-refractivity contribution in [1.82, 2.24) is 24.6 Å². The van der Waals surface area contributed by atoms with Crippen LogP contribution in [0.5, 0.6) is 0 Å². The van der Waals surface area contributed by atoms with Gasteiger partial charge in [0.05, 0.1) is 12.0 Å². The third-order valence-electron chi connectivity index (χ3n) is 5.16. The minimum Gasteiger partial charge on any atom is -0.463 e. The molecule has 156 valence electrons. The molecular weight excluding hydrogens is 416 g/mol. The highest BCUT2D eigenvalue weighted by Gasteiger charge is 2.26. The molecule has 0 bridgehead atoms. The molecule has 31 heavy (non-hydrogen) atoms. The molecule has 0 atom stereocenters. The van der Waals surface area contributed by atoms with Crippen LogP contribution < -0.4 is 4.90 Å². The molecule has 1 aliphatic heterocycles. The van der Waals surface area contributed by atoms with Crippen LogP contribution in [-0.2, 0) is 0 Å². The molecule has 1 saturated heterocycles. The summed E-state index contributed by atoms with van der Waals surface area (Å²) in [5, 5.41) is 5.19. The molecule has 9 heteroatoms. The highest BCUT2D eigenvalue weighted by Crippen LogP contribution is 2.26. The van der Waals surface area contributed by atoms with Gasteiger partial charge >= 0.3 is 0 Å².